The van der Waals surface area contributed by atoms with Crippen LogP contribution >= 0.6 is 0 Å². The SMILES string of the molecule is CCCCc1c(O)c(CCCC)c(CCCC)c(-c2ccc(O)cc2)c1CCCC. The van der Waals surface area contributed by atoms with Crippen LogP contribution in [0.4, 0.5) is 0 Å². The summed E-state index contributed by atoms with van der Waals surface area (Å²) in [5.41, 5.74) is 7.58. The minimum absolute atomic E-state index is 0.306. The average Bonchev–Trinajstić information content (AvgIpc) is 2.75. The number of aromatic hydroxyl groups is 2. The van der Waals surface area contributed by atoms with Gasteiger partial charge in [-0.1, -0.05) is 65.5 Å². The Bertz CT molecular complexity index is 733. The van der Waals surface area contributed by atoms with Crippen molar-refractivity contribution >= 4 is 0 Å². The van der Waals surface area contributed by atoms with E-state index in [0.29, 0.717) is 11.5 Å². The van der Waals surface area contributed by atoms with Crippen molar-refractivity contribution in [2.45, 2.75) is 105 Å². The standard InChI is InChI=1S/C28H42O2/c1-5-9-13-23-25(15-11-7-3)28(30)26(16-12-8-4)24(14-10-6-2)27(23)21-17-19-22(29)20-18-21/h17-20,29-30H,5-16H2,1-4H3. The summed E-state index contributed by atoms with van der Waals surface area (Å²) in [6.07, 6.45) is 12.9. The highest BCUT2D eigenvalue weighted by Gasteiger charge is 2.23. The molecule has 0 fully saturated rings. The third-order valence-electron chi connectivity index (χ3n) is 6.18. The van der Waals surface area contributed by atoms with E-state index in [-0.39, 0.29) is 0 Å². The molecular formula is C28H42O2. The van der Waals surface area contributed by atoms with Gasteiger partial charge in [0.15, 0.2) is 0 Å². The van der Waals surface area contributed by atoms with Crippen LogP contribution in [0.15, 0.2) is 24.3 Å². The summed E-state index contributed by atoms with van der Waals surface area (Å²) >= 11 is 0. The highest BCUT2D eigenvalue weighted by atomic mass is 16.3. The maximum absolute atomic E-state index is 11.5. The molecule has 0 amide bonds. The second-order valence-electron chi connectivity index (χ2n) is 8.60. The van der Waals surface area contributed by atoms with E-state index in [1.807, 2.05) is 0 Å². The highest BCUT2D eigenvalue weighted by molar-refractivity contribution is 5.77. The van der Waals surface area contributed by atoms with Gasteiger partial charge in [0.1, 0.15) is 11.5 Å². The van der Waals surface area contributed by atoms with Crippen molar-refractivity contribution in [1.29, 1.82) is 0 Å². The predicted molar refractivity (Wildman–Crippen MR) is 130 cm³/mol. The third-order valence-corrected chi connectivity index (χ3v) is 6.18. The summed E-state index contributed by atoms with van der Waals surface area (Å²) in [5.74, 6) is 0.886. The number of unbranched alkanes of at least 4 members (excludes halogenated alkanes) is 4. The first-order valence-electron chi connectivity index (χ1n) is 12.3. The van der Waals surface area contributed by atoms with E-state index in [1.54, 1.807) is 12.1 Å². The lowest BCUT2D eigenvalue weighted by molar-refractivity contribution is 0.455. The van der Waals surface area contributed by atoms with Crippen LogP contribution in [0.2, 0.25) is 0 Å². The average molecular weight is 411 g/mol. The van der Waals surface area contributed by atoms with Gasteiger partial charge < -0.3 is 10.2 Å². The fourth-order valence-electron chi connectivity index (χ4n) is 4.43. The first-order chi connectivity index (χ1) is 14.6. The van der Waals surface area contributed by atoms with Crippen molar-refractivity contribution < 1.29 is 10.2 Å². The van der Waals surface area contributed by atoms with E-state index in [4.69, 9.17) is 0 Å². The summed E-state index contributed by atoms with van der Waals surface area (Å²) in [7, 11) is 0. The van der Waals surface area contributed by atoms with Gasteiger partial charge in [0.2, 0.25) is 0 Å². The summed E-state index contributed by atoms with van der Waals surface area (Å²) < 4.78 is 0. The molecule has 2 aromatic rings. The maximum atomic E-state index is 11.5. The molecule has 0 bridgehead atoms. The van der Waals surface area contributed by atoms with Crippen LogP contribution in [0.3, 0.4) is 0 Å². The number of phenols is 2. The summed E-state index contributed by atoms with van der Waals surface area (Å²) in [5, 5.41) is 21.3. The molecule has 0 unspecified atom stereocenters. The molecule has 2 aromatic carbocycles. The first-order valence-corrected chi connectivity index (χ1v) is 12.3. The monoisotopic (exact) mass is 410 g/mol. The van der Waals surface area contributed by atoms with Crippen LogP contribution in [-0.2, 0) is 25.7 Å². The topological polar surface area (TPSA) is 40.5 Å². The van der Waals surface area contributed by atoms with Crippen molar-refractivity contribution in [3.8, 4) is 22.6 Å². The molecule has 0 aliphatic rings. The Balaban J connectivity index is 2.81. The Morgan fingerprint density at radius 2 is 0.900 bits per heavy atom. The van der Waals surface area contributed by atoms with E-state index < -0.39 is 0 Å². The van der Waals surface area contributed by atoms with E-state index in [9.17, 15) is 10.2 Å². The lowest BCUT2D eigenvalue weighted by Gasteiger charge is -2.25. The molecule has 2 N–H and O–H groups in total. The molecule has 2 heteroatoms. The number of hydrogen-bond donors (Lipinski definition) is 2. The summed E-state index contributed by atoms with van der Waals surface area (Å²) in [4.78, 5) is 0. The first kappa shape index (κ1) is 24.3. The Morgan fingerprint density at radius 1 is 0.533 bits per heavy atom. The number of benzene rings is 2. The van der Waals surface area contributed by atoms with E-state index in [1.165, 1.54) is 33.4 Å². The fourth-order valence-corrected chi connectivity index (χ4v) is 4.43. The van der Waals surface area contributed by atoms with E-state index >= 15 is 0 Å². The Hall–Kier alpha value is -1.96. The van der Waals surface area contributed by atoms with Crippen molar-refractivity contribution in [3.05, 3.63) is 46.5 Å². The smallest absolute Gasteiger partial charge is 0.122 e. The second kappa shape index (κ2) is 12.7. The Kier molecular flexibility index (Phi) is 10.3. The van der Waals surface area contributed by atoms with Crippen molar-refractivity contribution in [2.75, 3.05) is 0 Å². The zero-order valence-electron chi connectivity index (χ0n) is 19.7. The van der Waals surface area contributed by atoms with Crippen LogP contribution in [0.25, 0.3) is 11.1 Å². The Morgan fingerprint density at radius 3 is 1.27 bits per heavy atom. The Labute approximate surface area is 184 Å². The fraction of sp³-hybridized carbons (Fsp3) is 0.571. The van der Waals surface area contributed by atoms with Crippen LogP contribution in [0.5, 0.6) is 11.5 Å². The normalized spacial score (nSPS) is 11.2. The molecule has 0 radical (unpaired) electrons. The van der Waals surface area contributed by atoms with Gasteiger partial charge >= 0.3 is 0 Å². The molecule has 2 nitrogen and oxygen atoms in total. The molecule has 0 saturated heterocycles. The van der Waals surface area contributed by atoms with Gasteiger partial charge in [0.05, 0.1) is 0 Å². The minimum atomic E-state index is 0.306. The predicted octanol–water partition coefficient (Wildman–Crippen LogP) is 8.14. The van der Waals surface area contributed by atoms with E-state index in [2.05, 4.69) is 39.8 Å². The molecule has 0 atom stereocenters. The van der Waals surface area contributed by atoms with Gasteiger partial charge in [0, 0.05) is 0 Å². The van der Waals surface area contributed by atoms with Gasteiger partial charge in [-0.3, -0.25) is 0 Å². The van der Waals surface area contributed by atoms with Crippen LogP contribution in [0.1, 0.15) is 101 Å². The van der Waals surface area contributed by atoms with Crippen molar-refractivity contribution in [1.82, 2.24) is 0 Å². The lowest BCUT2D eigenvalue weighted by Crippen LogP contribution is -2.08. The third kappa shape index (κ3) is 6.03. The zero-order chi connectivity index (χ0) is 21.9. The minimum Gasteiger partial charge on any atom is -0.508 e. The molecule has 0 saturated carbocycles. The molecule has 0 aromatic heterocycles. The molecule has 2 rings (SSSR count). The number of rotatable bonds is 13. The largest absolute Gasteiger partial charge is 0.508 e. The van der Waals surface area contributed by atoms with E-state index in [0.717, 1.165) is 77.0 Å². The number of hydrogen-bond acceptors (Lipinski definition) is 2. The zero-order valence-corrected chi connectivity index (χ0v) is 19.7. The molecule has 0 aliphatic carbocycles. The van der Waals surface area contributed by atoms with Gasteiger partial charge in [-0.25, -0.2) is 0 Å². The van der Waals surface area contributed by atoms with Gasteiger partial charge in [-0.2, -0.15) is 0 Å². The summed E-state index contributed by atoms with van der Waals surface area (Å²) in [6.45, 7) is 8.91. The molecule has 166 valence electrons. The second-order valence-corrected chi connectivity index (χ2v) is 8.60. The van der Waals surface area contributed by atoms with Gasteiger partial charge in [-0.05, 0) is 96.9 Å². The van der Waals surface area contributed by atoms with Crippen LogP contribution in [-0.4, -0.2) is 10.2 Å². The molecule has 0 aliphatic heterocycles. The van der Waals surface area contributed by atoms with Crippen LogP contribution in [0, 0.1) is 0 Å². The molecule has 30 heavy (non-hydrogen) atoms. The molecule has 0 spiro atoms. The van der Waals surface area contributed by atoms with Crippen molar-refractivity contribution in [2.24, 2.45) is 0 Å². The lowest BCUT2D eigenvalue weighted by atomic mass is 9.80. The van der Waals surface area contributed by atoms with Gasteiger partial charge in [-0.15, -0.1) is 0 Å². The van der Waals surface area contributed by atoms with Crippen LogP contribution < -0.4 is 0 Å². The quantitative estimate of drug-likeness (QED) is 0.350. The highest BCUT2D eigenvalue weighted by Crippen LogP contribution is 2.42. The van der Waals surface area contributed by atoms with Crippen molar-refractivity contribution in [3.63, 3.8) is 0 Å². The summed E-state index contributed by atoms with van der Waals surface area (Å²) in [6, 6.07) is 7.71. The molecule has 0 heterocycles. The number of phenolic OH excluding ortho intramolecular Hbond substituents is 2. The maximum Gasteiger partial charge on any atom is 0.122 e. The molecular weight excluding hydrogens is 368 g/mol. The van der Waals surface area contributed by atoms with Gasteiger partial charge in [0.25, 0.3) is 0 Å².